The second-order valence-electron chi connectivity index (χ2n) is 7.83. The third-order valence-electron chi connectivity index (χ3n) is 5.26. The molecule has 0 saturated carbocycles. The summed E-state index contributed by atoms with van der Waals surface area (Å²) in [6.07, 6.45) is 3.10. The van der Waals surface area contributed by atoms with Gasteiger partial charge >= 0.3 is 0 Å². The zero-order valence-corrected chi connectivity index (χ0v) is 22.7. The Balaban J connectivity index is 0.00000363. The van der Waals surface area contributed by atoms with Gasteiger partial charge in [-0.05, 0) is 44.4 Å². The maximum Gasteiger partial charge on any atom is 0.191 e. The van der Waals surface area contributed by atoms with Crippen LogP contribution in [0, 0.1) is 6.92 Å². The fraction of sp³-hybridized carbons (Fsp3) is 0.565. The van der Waals surface area contributed by atoms with Crippen molar-refractivity contribution >= 4 is 41.3 Å². The van der Waals surface area contributed by atoms with Crippen LogP contribution in [-0.2, 0) is 13.0 Å². The highest BCUT2D eigenvalue weighted by molar-refractivity contribution is 14.0. The summed E-state index contributed by atoms with van der Waals surface area (Å²) in [6.45, 7) is 8.73. The van der Waals surface area contributed by atoms with E-state index in [2.05, 4.69) is 45.0 Å². The summed E-state index contributed by atoms with van der Waals surface area (Å²) in [5.41, 5.74) is 2.31. The van der Waals surface area contributed by atoms with Gasteiger partial charge in [0.05, 0.1) is 19.2 Å². The first-order valence-corrected chi connectivity index (χ1v) is 11.9. The van der Waals surface area contributed by atoms with Crippen molar-refractivity contribution in [1.82, 2.24) is 20.5 Å². The van der Waals surface area contributed by atoms with Crippen LogP contribution in [0.25, 0.3) is 0 Å². The van der Waals surface area contributed by atoms with Gasteiger partial charge in [0.2, 0.25) is 0 Å². The van der Waals surface area contributed by atoms with Crippen LogP contribution in [0.5, 0.6) is 11.5 Å². The van der Waals surface area contributed by atoms with Gasteiger partial charge in [-0.3, -0.25) is 9.89 Å². The summed E-state index contributed by atoms with van der Waals surface area (Å²) in [7, 11) is 3.38. The minimum atomic E-state index is 0. The van der Waals surface area contributed by atoms with E-state index >= 15 is 0 Å². The fourth-order valence-corrected chi connectivity index (χ4v) is 4.58. The summed E-state index contributed by atoms with van der Waals surface area (Å²) < 4.78 is 10.8. The maximum atomic E-state index is 5.40. The molecule has 1 aliphatic rings. The number of aryl methyl sites for hydroxylation is 2. The number of likely N-dealkylation sites (tertiary alicyclic amines) is 1. The molecule has 0 aliphatic carbocycles. The molecule has 1 aliphatic heterocycles. The van der Waals surface area contributed by atoms with E-state index in [0.29, 0.717) is 6.04 Å². The molecule has 1 aromatic carbocycles. The number of hydrogen-bond donors (Lipinski definition) is 2. The molecule has 1 aromatic heterocycles. The molecule has 3 rings (SSSR count). The minimum Gasteiger partial charge on any atom is -0.497 e. The Morgan fingerprint density at radius 2 is 2.00 bits per heavy atom. The highest BCUT2D eigenvalue weighted by atomic mass is 127. The molecule has 0 spiro atoms. The average molecular weight is 574 g/mol. The largest absolute Gasteiger partial charge is 0.497 e. The lowest BCUT2D eigenvalue weighted by Crippen LogP contribution is -2.44. The molecule has 2 heterocycles. The lowest BCUT2D eigenvalue weighted by Gasteiger charge is -2.19. The topological polar surface area (TPSA) is 71.0 Å². The number of ether oxygens (including phenoxy) is 2. The van der Waals surface area contributed by atoms with Crippen LogP contribution >= 0.6 is 35.3 Å². The van der Waals surface area contributed by atoms with Crippen LogP contribution < -0.4 is 20.1 Å². The number of guanidine groups is 1. The normalized spacial score (nSPS) is 16.5. The van der Waals surface area contributed by atoms with E-state index in [0.717, 1.165) is 75.1 Å². The zero-order valence-electron chi connectivity index (χ0n) is 19.5. The van der Waals surface area contributed by atoms with Crippen molar-refractivity contribution in [3.63, 3.8) is 0 Å². The lowest BCUT2D eigenvalue weighted by atomic mass is 10.2. The first-order chi connectivity index (χ1) is 15.1. The summed E-state index contributed by atoms with van der Waals surface area (Å²) >= 11 is 1.74. The maximum absolute atomic E-state index is 5.40. The number of rotatable bonds is 10. The van der Waals surface area contributed by atoms with Crippen molar-refractivity contribution in [2.75, 3.05) is 40.4 Å². The van der Waals surface area contributed by atoms with Crippen LogP contribution in [0.15, 0.2) is 28.6 Å². The van der Waals surface area contributed by atoms with E-state index in [1.165, 1.54) is 10.6 Å². The Morgan fingerprint density at radius 3 is 2.62 bits per heavy atom. The number of aliphatic imine (C=N–C) groups is 1. The smallest absolute Gasteiger partial charge is 0.191 e. The number of thiazole rings is 1. The lowest BCUT2D eigenvalue weighted by molar-refractivity contribution is 0.321. The fourth-order valence-electron chi connectivity index (χ4n) is 3.76. The molecule has 0 bridgehead atoms. The minimum absolute atomic E-state index is 0. The predicted molar refractivity (Wildman–Crippen MR) is 143 cm³/mol. The van der Waals surface area contributed by atoms with E-state index in [4.69, 9.17) is 14.5 Å². The van der Waals surface area contributed by atoms with E-state index in [1.807, 2.05) is 13.0 Å². The van der Waals surface area contributed by atoms with Crippen LogP contribution in [0.2, 0.25) is 0 Å². The van der Waals surface area contributed by atoms with Gasteiger partial charge in [0.1, 0.15) is 11.5 Å². The molecule has 1 atom stereocenters. The summed E-state index contributed by atoms with van der Waals surface area (Å²) in [6, 6.07) is 6.47. The van der Waals surface area contributed by atoms with Crippen molar-refractivity contribution in [1.29, 1.82) is 0 Å². The Hall–Kier alpha value is -1.59. The van der Waals surface area contributed by atoms with Gasteiger partial charge < -0.3 is 20.1 Å². The molecule has 2 N–H and O–H groups in total. The number of nitrogens with zero attached hydrogens (tertiary/aromatic N) is 3. The Morgan fingerprint density at radius 1 is 1.25 bits per heavy atom. The molecule has 1 unspecified atom stereocenters. The van der Waals surface area contributed by atoms with Crippen molar-refractivity contribution in [2.24, 2.45) is 4.99 Å². The highest BCUT2D eigenvalue weighted by Crippen LogP contribution is 2.24. The van der Waals surface area contributed by atoms with Gasteiger partial charge in [-0.1, -0.05) is 0 Å². The van der Waals surface area contributed by atoms with Gasteiger partial charge in [0, 0.05) is 62.3 Å². The number of hydrogen-bond acceptors (Lipinski definition) is 6. The first-order valence-electron chi connectivity index (χ1n) is 11.0. The molecule has 178 valence electrons. The number of aromatic nitrogens is 1. The third kappa shape index (κ3) is 8.40. The highest BCUT2D eigenvalue weighted by Gasteiger charge is 2.23. The van der Waals surface area contributed by atoms with E-state index in [9.17, 15) is 0 Å². The third-order valence-corrected chi connectivity index (χ3v) is 6.29. The number of nitrogens with one attached hydrogen (secondary N) is 2. The second-order valence-corrected chi connectivity index (χ2v) is 8.78. The molecule has 32 heavy (non-hydrogen) atoms. The molecule has 0 amide bonds. The Labute approximate surface area is 213 Å². The Bertz CT molecular complexity index is 838. The van der Waals surface area contributed by atoms with Gasteiger partial charge in [-0.15, -0.1) is 35.3 Å². The van der Waals surface area contributed by atoms with E-state index < -0.39 is 0 Å². The van der Waals surface area contributed by atoms with Gasteiger partial charge in [0.25, 0.3) is 0 Å². The van der Waals surface area contributed by atoms with Crippen LogP contribution in [0.1, 0.15) is 36.0 Å². The standard InChI is InChI=1S/C23H35N5O2S.HI/c1-5-24-23(25-9-6-7-22-26-17(2)16-31-22)27-19-8-10-28(15-19)14-18-11-20(29-3)13-21(12-18)30-4;/h11-13,16,19H,5-10,14-15H2,1-4H3,(H2,24,25,27);1H. The van der Waals surface area contributed by atoms with Crippen molar-refractivity contribution < 1.29 is 9.47 Å². The van der Waals surface area contributed by atoms with Gasteiger partial charge in [0.15, 0.2) is 5.96 Å². The van der Waals surface area contributed by atoms with Crippen molar-refractivity contribution in [3.8, 4) is 11.5 Å². The number of benzene rings is 1. The Kier molecular flexibility index (Phi) is 11.5. The molecule has 0 radical (unpaired) electrons. The summed E-state index contributed by atoms with van der Waals surface area (Å²) in [5.74, 6) is 2.57. The number of methoxy groups -OCH3 is 2. The van der Waals surface area contributed by atoms with Gasteiger partial charge in [-0.2, -0.15) is 0 Å². The molecule has 1 saturated heterocycles. The van der Waals surface area contributed by atoms with Crippen molar-refractivity contribution in [3.05, 3.63) is 39.8 Å². The SMILES string of the molecule is CCNC(=NCCCc1nc(C)cs1)NC1CCN(Cc2cc(OC)cc(OC)c2)C1.I. The van der Waals surface area contributed by atoms with Crippen LogP contribution in [0.3, 0.4) is 0 Å². The van der Waals surface area contributed by atoms with Crippen LogP contribution in [-0.4, -0.2) is 62.3 Å². The average Bonchev–Trinajstić information content (AvgIpc) is 3.39. The second kappa shape index (κ2) is 13.8. The molecule has 2 aromatic rings. The van der Waals surface area contributed by atoms with E-state index in [1.54, 1.807) is 25.6 Å². The number of halogens is 1. The molecule has 1 fully saturated rings. The monoisotopic (exact) mass is 573 g/mol. The molecule has 7 nitrogen and oxygen atoms in total. The quantitative estimate of drug-likeness (QED) is 0.195. The summed E-state index contributed by atoms with van der Waals surface area (Å²) in [4.78, 5) is 11.8. The van der Waals surface area contributed by atoms with Gasteiger partial charge in [-0.25, -0.2) is 4.98 Å². The van der Waals surface area contributed by atoms with E-state index in [-0.39, 0.29) is 24.0 Å². The predicted octanol–water partition coefficient (Wildman–Crippen LogP) is 3.85. The molecule has 9 heteroatoms. The van der Waals surface area contributed by atoms with Crippen LogP contribution in [0.4, 0.5) is 0 Å². The summed E-state index contributed by atoms with van der Waals surface area (Å²) in [5, 5.41) is 10.3. The van der Waals surface area contributed by atoms with Crippen molar-refractivity contribution in [2.45, 2.75) is 45.7 Å². The zero-order chi connectivity index (χ0) is 22.1. The first kappa shape index (κ1) is 26.7. The molecular weight excluding hydrogens is 537 g/mol. The molecular formula is C23H36IN5O2S.